The van der Waals surface area contributed by atoms with E-state index in [4.69, 9.17) is 9.47 Å². The molecule has 1 aromatic heterocycles. The van der Waals surface area contributed by atoms with Crippen LogP contribution in [-0.2, 0) is 11.2 Å². The Labute approximate surface area is 229 Å². The molecule has 0 saturated carbocycles. The van der Waals surface area contributed by atoms with Crippen LogP contribution in [0.4, 0.5) is 25.0 Å². The second kappa shape index (κ2) is 13.3. The Kier molecular flexibility index (Phi) is 9.39. The summed E-state index contributed by atoms with van der Waals surface area (Å²) in [5, 5.41) is 8.47. The third kappa shape index (κ3) is 7.40. The van der Waals surface area contributed by atoms with Gasteiger partial charge in [-0.3, -0.25) is 4.79 Å². The van der Waals surface area contributed by atoms with Crippen molar-refractivity contribution in [2.75, 3.05) is 24.3 Å². The first-order valence-electron chi connectivity index (χ1n) is 12.8. The van der Waals surface area contributed by atoms with E-state index in [-0.39, 0.29) is 35.6 Å². The number of halogens is 2. The summed E-state index contributed by atoms with van der Waals surface area (Å²) in [6.07, 6.45) is 3.71. The van der Waals surface area contributed by atoms with Crippen LogP contribution in [0.15, 0.2) is 60.9 Å². The summed E-state index contributed by atoms with van der Waals surface area (Å²) >= 11 is 0. The molecule has 0 saturated heterocycles. The van der Waals surface area contributed by atoms with Crippen molar-refractivity contribution < 1.29 is 27.8 Å². The number of unbranched alkanes of at least 4 members (excludes halogenated alkanes) is 1. The Balaban J connectivity index is 1.44. The lowest BCUT2D eigenvalue weighted by molar-refractivity contribution is -0.116. The average Bonchev–Trinajstić information content (AvgIpc) is 2.93. The molecule has 0 radical (unpaired) electrons. The number of nitrogens with one attached hydrogen (secondary N) is 3. The maximum Gasteiger partial charge on any atom is 0.319 e. The van der Waals surface area contributed by atoms with Crippen molar-refractivity contribution in [1.29, 1.82) is 0 Å². The standard InChI is InChI=1S/C29H29F2N5O4/c1-3-4-8-27(37)36-24-15-21-23(16-26(24)39-2)33-17-34-28(21)40-25-10-9-20(14-22(25)31)35-29(38)32-12-11-18-6-5-7-19(30)13-18/h5-7,9-10,13-17H,3-4,8,11-12H2,1-2H3,(H,36,37)(H2,32,35,38). The molecule has 0 aliphatic heterocycles. The summed E-state index contributed by atoms with van der Waals surface area (Å²) < 4.78 is 39.4. The molecule has 208 valence electrons. The number of carbonyl (C=O) groups is 2. The Morgan fingerprint density at radius 3 is 2.58 bits per heavy atom. The van der Waals surface area contributed by atoms with Crippen molar-refractivity contribution >= 4 is 34.2 Å². The Morgan fingerprint density at radius 1 is 0.975 bits per heavy atom. The number of rotatable bonds is 11. The van der Waals surface area contributed by atoms with Gasteiger partial charge in [0.25, 0.3) is 0 Å². The van der Waals surface area contributed by atoms with Gasteiger partial charge in [0.15, 0.2) is 11.6 Å². The predicted octanol–water partition coefficient (Wildman–Crippen LogP) is 6.20. The number of aromatic nitrogens is 2. The van der Waals surface area contributed by atoms with E-state index in [2.05, 4.69) is 25.9 Å². The SMILES string of the molecule is CCCCC(=O)Nc1cc2c(Oc3ccc(NC(=O)NCCc4cccc(F)c4)cc3F)ncnc2cc1OC. The third-order valence-electron chi connectivity index (χ3n) is 5.94. The molecule has 9 nitrogen and oxygen atoms in total. The zero-order valence-corrected chi connectivity index (χ0v) is 22.1. The quantitative estimate of drug-likeness (QED) is 0.205. The molecule has 0 unspecified atom stereocenters. The number of anilines is 2. The first kappa shape index (κ1) is 28.2. The van der Waals surface area contributed by atoms with Crippen molar-refractivity contribution in [3.8, 4) is 17.4 Å². The molecule has 3 N–H and O–H groups in total. The van der Waals surface area contributed by atoms with Crippen molar-refractivity contribution in [2.24, 2.45) is 0 Å². The van der Waals surface area contributed by atoms with Gasteiger partial charge in [-0.2, -0.15) is 0 Å². The minimum Gasteiger partial charge on any atom is -0.494 e. The largest absolute Gasteiger partial charge is 0.494 e. The van der Waals surface area contributed by atoms with Gasteiger partial charge in [-0.05, 0) is 48.7 Å². The smallest absolute Gasteiger partial charge is 0.319 e. The van der Waals surface area contributed by atoms with Crippen molar-refractivity contribution in [3.05, 3.63) is 78.1 Å². The maximum atomic E-state index is 14.9. The second-order valence-electron chi connectivity index (χ2n) is 8.91. The van der Waals surface area contributed by atoms with Crippen LogP contribution in [0.1, 0.15) is 31.7 Å². The van der Waals surface area contributed by atoms with Gasteiger partial charge in [0, 0.05) is 30.8 Å². The molecule has 0 bridgehead atoms. The number of benzene rings is 3. The normalized spacial score (nSPS) is 10.7. The Hall–Kier alpha value is -4.80. The van der Waals surface area contributed by atoms with E-state index in [1.165, 1.54) is 37.7 Å². The van der Waals surface area contributed by atoms with Gasteiger partial charge in [0.05, 0.1) is 23.7 Å². The molecule has 4 aromatic rings. The highest BCUT2D eigenvalue weighted by Gasteiger charge is 2.16. The van der Waals surface area contributed by atoms with Gasteiger partial charge in [0.1, 0.15) is 17.9 Å². The third-order valence-corrected chi connectivity index (χ3v) is 5.94. The van der Waals surface area contributed by atoms with Crippen molar-refractivity contribution in [2.45, 2.75) is 32.6 Å². The number of amides is 3. The number of hydrogen-bond donors (Lipinski definition) is 3. The first-order chi connectivity index (χ1) is 19.4. The fraction of sp³-hybridized carbons (Fsp3) is 0.241. The first-order valence-corrected chi connectivity index (χ1v) is 12.8. The van der Waals surface area contributed by atoms with Crippen LogP contribution in [0.2, 0.25) is 0 Å². The predicted molar refractivity (Wildman–Crippen MR) is 148 cm³/mol. The maximum absolute atomic E-state index is 14.9. The fourth-order valence-electron chi connectivity index (χ4n) is 3.91. The molecule has 0 fully saturated rings. The molecule has 1 heterocycles. The van der Waals surface area contributed by atoms with Crippen LogP contribution >= 0.6 is 0 Å². The second-order valence-corrected chi connectivity index (χ2v) is 8.91. The van der Waals surface area contributed by atoms with E-state index in [0.29, 0.717) is 35.2 Å². The fourth-order valence-corrected chi connectivity index (χ4v) is 3.91. The van der Waals surface area contributed by atoms with Crippen LogP contribution in [0.5, 0.6) is 17.4 Å². The number of urea groups is 1. The van der Waals surface area contributed by atoms with Gasteiger partial charge in [0.2, 0.25) is 11.8 Å². The van der Waals surface area contributed by atoms with E-state index in [0.717, 1.165) is 24.5 Å². The molecule has 11 heteroatoms. The summed E-state index contributed by atoms with van der Waals surface area (Å²) in [5.41, 5.74) is 1.85. The number of methoxy groups -OCH3 is 1. The minimum atomic E-state index is -0.731. The molecule has 0 aliphatic rings. The Bertz CT molecular complexity index is 1520. The number of ether oxygens (including phenoxy) is 2. The number of hydrogen-bond acceptors (Lipinski definition) is 6. The molecular weight excluding hydrogens is 520 g/mol. The number of fused-ring (bicyclic) bond motifs is 1. The lowest BCUT2D eigenvalue weighted by atomic mass is 10.1. The van der Waals surface area contributed by atoms with E-state index < -0.39 is 11.8 Å². The average molecular weight is 550 g/mol. The van der Waals surface area contributed by atoms with Gasteiger partial charge in [-0.15, -0.1) is 0 Å². The zero-order chi connectivity index (χ0) is 28.5. The van der Waals surface area contributed by atoms with Crippen LogP contribution < -0.4 is 25.4 Å². The van der Waals surface area contributed by atoms with Gasteiger partial charge < -0.3 is 25.4 Å². The highest BCUT2D eigenvalue weighted by molar-refractivity contribution is 5.97. The molecule has 0 aliphatic carbocycles. The molecular formula is C29H29F2N5O4. The van der Waals surface area contributed by atoms with Crippen LogP contribution in [0.25, 0.3) is 10.9 Å². The van der Waals surface area contributed by atoms with Gasteiger partial charge in [-0.25, -0.2) is 23.5 Å². The highest BCUT2D eigenvalue weighted by Crippen LogP contribution is 2.35. The zero-order valence-electron chi connectivity index (χ0n) is 22.1. The lowest BCUT2D eigenvalue weighted by Crippen LogP contribution is -2.30. The number of nitrogens with zero attached hydrogens (tertiary/aromatic N) is 2. The van der Waals surface area contributed by atoms with E-state index in [1.54, 1.807) is 24.3 Å². The summed E-state index contributed by atoms with van der Waals surface area (Å²) in [6, 6.07) is 12.8. The summed E-state index contributed by atoms with van der Waals surface area (Å²) in [4.78, 5) is 32.9. The topological polar surface area (TPSA) is 114 Å². The van der Waals surface area contributed by atoms with Gasteiger partial charge >= 0.3 is 6.03 Å². The summed E-state index contributed by atoms with van der Waals surface area (Å²) in [7, 11) is 1.48. The molecule has 0 atom stereocenters. The van der Waals surface area contributed by atoms with E-state index >= 15 is 0 Å². The number of carbonyl (C=O) groups excluding carboxylic acids is 2. The molecule has 40 heavy (non-hydrogen) atoms. The minimum absolute atomic E-state index is 0.0754. The van der Waals surface area contributed by atoms with Crippen LogP contribution in [-0.4, -0.2) is 35.6 Å². The highest BCUT2D eigenvalue weighted by atomic mass is 19.1. The van der Waals surface area contributed by atoms with Crippen LogP contribution in [0.3, 0.4) is 0 Å². The molecule has 4 rings (SSSR count). The van der Waals surface area contributed by atoms with Crippen LogP contribution in [0, 0.1) is 11.6 Å². The molecule has 3 aromatic carbocycles. The van der Waals surface area contributed by atoms with E-state index in [1.807, 2.05) is 6.92 Å². The van der Waals surface area contributed by atoms with Crippen molar-refractivity contribution in [1.82, 2.24) is 15.3 Å². The molecule has 3 amide bonds. The molecule has 0 spiro atoms. The van der Waals surface area contributed by atoms with Gasteiger partial charge in [-0.1, -0.05) is 25.5 Å². The Morgan fingerprint density at radius 2 is 1.82 bits per heavy atom. The van der Waals surface area contributed by atoms with Crippen molar-refractivity contribution in [3.63, 3.8) is 0 Å². The monoisotopic (exact) mass is 549 g/mol. The lowest BCUT2D eigenvalue weighted by Gasteiger charge is -2.14. The summed E-state index contributed by atoms with van der Waals surface area (Å²) in [6.45, 7) is 2.27. The summed E-state index contributed by atoms with van der Waals surface area (Å²) in [5.74, 6) is -0.869. The van der Waals surface area contributed by atoms with E-state index in [9.17, 15) is 18.4 Å².